The van der Waals surface area contributed by atoms with E-state index in [1.807, 2.05) is 0 Å². The number of thiazole rings is 1. The molecular weight excluding hydrogens is 416 g/mol. The molecule has 0 aliphatic heterocycles. The maximum Gasteiger partial charge on any atom is 0.344 e. The van der Waals surface area contributed by atoms with E-state index >= 15 is 0 Å². The van der Waals surface area contributed by atoms with Crippen LogP contribution < -0.4 is 10.1 Å². The maximum atomic E-state index is 13.4. The number of esters is 1. The van der Waals surface area contributed by atoms with Crippen LogP contribution in [0.1, 0.15) is 24.2 Å². The van der Waals surface area contributed by atoms with Crippen molar-refractivity contribution in [2.75, 3.05) is 11.9 Å². The summed E-state index contributed by atoms with van der Waals surface area (Å²) >= 11 is 1.09. The first-order chi connectivity index (χ1) is 14.4. The van der Waals surface area contributed by atoms with E-state index in [4.69, 9.17) is 9.47 Å². The molecule has 30 heavy (non-hydrogen) atoms. The number of anilines is 1. The molecule has 1 atom stereocenters. The molecular formula is C20H17F2N3O4S. The largest absolute Gasteiger partial charge is 0.477 e. The van der Waals surface area contributed by atoms with Gasteiger partial charge in [0.15, 0.2) is 22.9 Å². The van der Waals surface area contributed by atoms with E-state index in [2.05, 4.69) is 15.3 Å². The van der Waals surface area contributed by atoms with Crippen LogP contribution >= 0.6 is 11.3 Å². The lowest BCUT2D eigenvalue weighted by Crippen LogP contribution is -2.30. The van der Waals surface area contributed by atoms with Gasteiger partial charge in [-0.2, -0.15) is 0 Å². The van der Waals surface area contributed by atoms with Crippen LogP contribution in [0.2, 0.25) is 0 Å². The number of ether oxygens (including phenoxy) is 2. The number of amides is 1. The van der Waals surface area contributed by atoms with Gasteiger partial charge in [0.1, 0.15) is 5.56 Å². The van der Waals surface area contributed by atoms with Crippen LogP contribution in [0.4, 0.5) is 13.9 Å². The van der Waals surface area contributed by atoms with Crippen molar-refractivity contribution in [3.8, 4) is 17.1 Å². The third-order valence-electron chi connectivity index (χ3n) is 3.87. The van der Waals surface area contributed by atoms with Crippen LogP contribution in [0.15, 0.2) is 41.9 Å². The third kappa shape index (κ3) is 4.95. The summed E-state index contributed by atoms with van der Waals surface area (Å²) in [4.78, 5) is 32.9. The minimum atomic E-state index is -1.12. The SMILES string of the molecule is CCOc1ncccc1C(=O)O[C@H](C)C(=O)Nc1nc(-c2ccc(F)c(F)c2)cs1. The number of carbonyl (C=O) groups excluding carboxylic acids is 2. The molecule has 1 aromatic carbocycles. The van der Waals surface area contributed by atoms with E-state index < -0.39 is 29.6 Å². The lowest BCUT2D eigenvalue weighted by atomic mass is 10.2. The summed E-state index contributed by atoms with van der Waals surface area (Å²) in [6.45, 7) is 3.48. The number of benzene rings is 1. The van der Waals surface area contributed by atoms with Gasteiger partial charge in [-0.25, -0.2) is 23.5 Å². The molecule has 0 saturated carbocycles. The topological polar surface area (TPSA) is 90.4 Å². The van der Waals surface area contributed by atoms with Gasteiger partial charge in [-0.05, 0) is 44.2 Å². The van der Waals surface area contributed by atoms with Gasteiger partial charge in [0.2, 0.25) is 5.88 Å². The molecule has 0 spiro atoms. The predicted octanol–water partition coefficient (Wildman–Crippen LogP) is 4.07. The van der Waals surface area contributed by atoms with Crippen molar-refractivity contribution < 1.29 is 27.8 Å². The molecule has 10 heteroatoms. The van der Waals surface area contributed by atoms with Crippen LogP contribution in [-0.2, 0) is 9.53 Å². The lowest BCUT2D eigenvalue weighted by Gasteiger charge is -2.13. The zero-order valence-corrected chi connectivity index (χ0v) is 16.8. The summed E-state index contributed by atoms with van der Waals surface area (Å²) in [5.41, 5.74) is 0.842. The van der Waals surface area contributed by atoms with Gasteiger partial charge < -0.3 is 9.47 Å². The van der Waals surface area contributed by atoms with E-state index in [1.54, 1.807) is 18.4 Å². The van der Waals surface area contributed by atoms with Crippen molar-refractivity contribution in [3.05, 3.63) is 59.1 Å². The zero-order chi connectivity index (χ0) is 21.7. The number of rotatable bonds is 7. The molecule has 7 nitrogen and oxygen atoms in total. The Bertz CT molecular complexity index is 1070. The Balaban J connectivity index is 1.64. The van der Waals surface area contributed by atoms with Crippen molar-refractivity contribution in [1.29, 1.82) is 0 Å². The fourth-order valence-electron chi connectivity index (χ4n) is 2.40. The highest BCUT2D eigenvalue weighted by atomic mass is 32.1. The Morgan fingerprint density at radius 2 is 2.03 bits per heavy atom. The van der Waals surface area contributed by atoms with Gasteiger partial charge in [0.25, 0.3) is 5.91 Å². The standard InChI is InChI=1S/C20H17F2N3O4S/c1-3-28-18-13(5-4-8-23-18)19(27)29-11(2)17(26)25-20-24-16(10-30-20)12-6-7-14(21)15(22)9-12/h4-11H,3H2,1-2H3,(H,24,25,26)/t11-/m1/s1. The van der Waals surface area contributed by atoms with Crippen LogP contribution in [-0.4, -0.2) is 34.6 Å². The van der Waals surface area contributed by atoms with Gasteiger partial charge in [-0.15, -0.1) is 11.3 Å². The number of halogens is 2. The quantitative estimate of drug-likeness (QED) is 0.565. The molecule has 2 heterocycles. The smallest absolute Gasteiger partial charge is 0.344 e. The lowest BCUT2D eigenvalue weighted by molar-refractivity contribution is -0.123. The van der Waals surface area contributed by atoms with Gasteiger partial charge >= 0.3 is 5.97 Å². The normalized spacial score (nSPS) is 11.6. The molecule has 0 saturated heterocycles. The van der Waals surface area contributed by atoms with Crippen LogP contribution in [0, 0.1) is 11.6 Å². The summed E-state index contributed by atoms with van der Waals surface area (Å²) in [6, 6.07) is 6.44. The number of nitrogens with one attached hydrogen (secondary N) is 1. The second-order valence-corrected chi connectivity index (χ2v) is 6.85. The number of pyridine rings is 1. The summed E-state index contributed by atoms with van der Waals surface area (Å²) in [5, 5.41) is 4.34. The molecule has 3 aromatic rings. The second-order valence-electron chi connectivity index (χ2n) is 5.99. The number of hydrogen-bond donors (Lipinski definition) is 1. The summed E-state index contributed by atoms with van der Waals surface area (Å²) in [5.74, 6) is -3.19. The molecule has 2 aromatic heterocycles. The molecule has 1 amide bonds. The molecule has 156 valence electrons. The zero-order valence-electron chi connectivity index (χ0n) is 16.0. The summed E-state index contributed by atoms with van der Waals surface area (Å²) in [7, 11) is 0. The predicted molar refractivity (Wildman–Crippen MR) is 106 cm³/mol. The van der Waals surface area contributed by atoms with Gasteiger partial charge in [0, 0.05) is 17.1 Å². The van der Waals surface area contributed by atoms with E-state index in [1.165, 1.54) is 25.3 Å². The van der Waals surface area contributed by atoms with Gasteiger partial charge in [0.05, 0.1) is 12.3 Å². The van der Waals surface area contributed by atoms with Crippen LogP contribution in [0.3, 0.4) is 0 Å². The van der Waals surface area contributed by atoms with Crippen molar-refractivity contribution >= 4 is 28.3 Å². The first-order valence-electron chi connectivity index (χ1n) is 8.89. The Morgan fingerprint density at radius 1 is 1.23 bits per heavy atom. The van der Waals surface area contributed by atoms with Crippen molar-refractivity contribution in [1.82, 2.24) is 9.97 Å². The molecule has 0 aliphatic rings. The molecule has 0 unspecified atom stereocenters. The molecule has 1 N–H and O–H groups in total. The highest BCUT2D eigenvalue weighted by Gasteiger charge is 2.23. The highest BCUT2D eigenvalue weighted by molar-refractivity contribution is 7.14. The van der Waals surface area contributed by atoms with Crippen LogP contribution in [0.5, 0.6) is 5.88 Å². The summed E-state index contributed by atoms with van der Waals surface area (Å²) < 4.78 is 36.9. The Kier molecular flexibility index (Phi) is 6.68. The second kappa shape index (κ2) is 9.40. The third-order valence-corrected chi connectivity index (χ3v) is 4.63. The molecule has 0 aliphatic carbocycles. The Morgan fingerprint density at radius 3 is 2.77 bits per heavy atom. The van der Waals surface area contributed by atoms with Crippen molar-refractivity contribution in [3.63, 3.8) is 0 Å². The minimum Gasteiger partial charge on any atom is -0.477 e. The van der Waals surface area contributed by atoms with E-state index in [0.29, 0.717) is 17.9 Å². The Hall–Kier alpha value is -3.40. The first-order valence-corrected chi connectivity index (χ1v) is 9.77. The van der Waals surface area contributed by atoms with Crippen molar-refractivity contribution in [2.24, 2.45) is 0 Å². The monoisotopic (exact) mass is 433 g/mol. The molecule has 0 fully saturated rings. The average molecular weight is 433 g/mol. The average Bonchev–Trinajstić information content (AvgIpc) is 3.19. The summed E-state index contributed by atoms with van der Waals surface area (Å²) in [6.07, 6.45) is 0.355. The van der Waals surface area contributed by atoms with E-state index in [9.17, 15) is 18.4 Å². The molecule has 0 bridgehead atoms. The Labute approximate surface area is 174 Å². The highest BCUT2D eigenvalue weighted by Crippen LogP contribution is 2.26. The van der Waals surface area contributed by atoms with Gasteiger partial charge in [-0.1, -0.05) is 0 Å². The fraction of sp³-hybridized carbons (Fsp3) is 0.200. The van der Waals surface area contributed by atoms with Gasteiger partial charge in [-0.3, -0.25) is 10.1 Å². The maximum absolute atomic E-state index is 13.4. The minimum absolute atomic E-state index is 0.105. The van der Waals surface area contributed by atoms with E-state index in [-0.39, 0.29) is 16.6 Å². The number of aromatic nitrogens is 2. The van der Waals surface area contributed by atoms with Crippen LogP contribution in [0.25, 0.3) is 11.3 Å². The fourth-order valence-corrected chi connectivity index (χ4v) is 3.12. The first kappa shape index (κ1) is 21.3. The number of nitrogens with zero attached hydrogens (tertiary/aromatic N) is 2. The van der Waals surface area contributed by atoms with E-state index in [0.717, 1.165) is 23.5 Å². The number of hydrogen-bond acceptors (Lipinski definition) is 7. The molecule has 3 rings (SSSR count). The van der Waals surface area contributed by atoms with Crippen molar-refractivity contribution in [2.45, 2.75) is 20.0 Å². The molecule has 0 radical (unpaired) electrons. The number of carbonyl (C=O) groups is 2.